The van der Waals surface area contributed by atoms with Gasteiger partial charge in [0.05, 0.1) is 0 Å². The minimum absolute atomic E-state index is 0.356. The first-order valence-electron chi connectivity index (χ1n) is 5.09. The van der Waals surface area contributed by atoms with Crippen LogP contribution in [0.25, 0.3) is 0 Å². The summed E-state index contributed by atoms with van der Waals surface area (Å²) in [4.78, 5) is 0. The Morgan fingerprint density at radius 2 is 1.57 bits per heavy atom. The van der Waals surface area contributed by atoms with Crippen molar-refractivity contribution >= 4 is 11.8 Å². The van der Waals surface area contributed by atoms with Crippen LogP contribution in [0.3, 0.4) is 0 Å². The second-order valence-corrected chi connectivity index (χ2v) is 6.57. The van der Waals surface area contributed by atoms with Crippen molar-refractivity contribution in [2.24, 2.45) is 0 Å². The molecule has 0 heterocycles. The van der Waals surface area contributed by atoms with E-state index in [2.05, 4.69) is 52.8 Å². The van der Waals surface area contributed by atoms with Crippen LogP contribution in [0.2, 0.25) is 0 Å². The highest BCUT2D eigenvalue weighted by Gasteiger charge is 2.12. The van der Waals surface area contributed by atoms with Gasteiger partial charge in [0, 0.05) is 10.5 Å². The lowest BCUT2D eigenvalue weighted by Gasteiger charge is -2.19. The molecule has 0 unspecified atom stereocenters. The monoisotopic (exact) mass is 208 g/mol. The van der Waals surface area contributed by atoms with Gasteiger partial charge in [-0.1, -0.05) is 39.0 Å². The molecule has 1 aromatic carbocycles. The summed E-state index contributed by atoms with van der Waals surface area (Å²) >= 11 is 2.01. The smallest absolute Gasteiger partial charge is 0.0195 e. The van der Waals surface area contributed by atoms with Crippen molar-refractivity contribution in [3.8, 4) is 0 Å². The fraction of sp³-hybridized carbons (Fsp3) is 0.538. The zero-order valence-corrected chi connectivity index (χ0v) is 10.7. The molecule has 0 aliphatic rings. The highest BCUT2D eigenvalue weighted by Crippen LogP contribution is 2.29. The molecule has 0 saturated carbocycles. The van der Waals surface area contributed by atoms with Gasteiger partial charge >= 0.3 is 0 Å². The largest absolute Gasteiger partial charge is 0.151 e. The molecule has 0 atom stereocenters. The van der Waals surface area contributed by atoms with E-state index < -0.39 is 0 Å². The number of thioether (sulfide) groups is 1. The number of hydrogen-bond acceptors (Lipinski definition) is 1. The first-order chi connectivity index (χ1) is 6.40. The first-order valence-corrected chi connectivity index (χ1v) is 6.08. The third kappa shape index (κ3) is 3.38. The molecule has 1 rings (SSSR count). The minimum atomic E-state index is 0.356. The average molecular weight is 208 g/mol. The quantitative estimate of drug-likeness (QED) is 0.697. The van der Waals surface area contributed by atoms with Crippen LogP contribution >= 0.6 is 11.8 Å². The van der Waals surface area contributed by atoms with E-state index in [4.69, 9.17) is 0 Å². The topological polar surface area (TPSA) is 0 Å². The van der Waals surface area contributed by atoms with Crippen LogP contribution in [-0.4, -0.2) is 4.75 Å². The second-order valence-electron chi connectivity index (χ2n) is 4.77. The number of benzene rings is 1. The molecule has 0 amide bonds. The van der Waals surface area contributed by atoms with Gasteiger partial charge in [-0.25, -0.2) is 0 Å². The zero-order valence-electron chi connectivity index (χ0n) is 9.85. The Kier molecular flexibility index (Phi) is 3.65. The Morgan fingerprint density at radius 1 is 1.07 bits per heavy atom. The van der Waals surface area contributed by atoms with Crippen LogP contribution in [0, 0.1) is 13.8 Å². The molecular weight excluding hydrogens is 188 g/mol. The summed E-state index contributed by atoms with van der Waals surface area (Å²) in [5.74, 6) is 1.13. The number of aryl methyl sites for hydroxylation is 2. The van der Waals surface area contributed by atoms with Crippen molar-refractivity contribution in [1.29, 1.82) is 0 Å². The fourth-order valence-electron chi connectivity index (χ4n) is 1.37. The van der Waals surface area contributed by atoms with Crippen molar-refractivity contribution in [2.75, 3.05) is 0 Å². The van der Waals surface area contributed by atoms with E-state index in [0.717, 1.165) is 5.75 Å². The van der Waals surface area contributed by atoms with Gasteiger partial charge in [0.2, 0.25) is 0 Å². The van der Waals surface area contributed by atoms with Crippen LogP contribution in [0.4, 0.5) is 0 Å². The molecule has 0 aromatic heterocycles. The molecule has 0 nitrogen and oxygen atoms in total. The Bertz CT molecular complexity index is 287. The lowest BCUT2D eigenvalue weighted by Crippen LogP contribution is -2.08. The van der Waals surface area contributed by atoms with E-state index in [0.29, 0.717) is 4.75 Å². The molecule has 78 valence electrons. The van der Waals surface area contributed by atoms with E-state index in [1.165, 1.54) is 16.7 Å². The fourth-order valence-corrected chi connectivity index (χ4v) is 2.40. The molecule has 0 spiro atoms. The van der Waals surface area contributed by atoms with Gasteiger partial charge in [0.15, 0.2) is 0 Å². The molecule has 0 aliphatic heterocycles. The van der Waals surface area contributed by atoms with Gasteiger partial charge in [0.1, 0.15) is 0 Å². The SMILES string of the molecule is Cc1cccc(C)c1CSC(C)(C)C. The summed E-state index contributed by atoms with van der Waals surface area (Å²) in [7, 11) is 0. The standard InChI is InChI=1S/C13H20S/c1-10-7-6-8-11(2)12(10)9-14-13(3,4)5/h6-8H,9H2,1-5H3. The second kappa shape index (κ2) is 4.39. The molecular formula is C13H20S. The van der Waals surface area contributed by atoms with E-state index in [-0.39, 0.29) is 0 Å². The predicted octanol–water partition coefficient (Wildman–Crippen LogP) is 4.34. The highest BCUT2D eigenvalue weighted by molar-refractivity contribution is 7.99. The average Bonchev–Trinajstić information content (AvgIpc) is 2.01. The summed E-state index contributed by atoms with van der Waals surface area (Å²) < 4.78 is 0.356. The van der Waals surface area contributed by atoms with Crippen LogP contribution in [0.5, 0.6) is 0 Å². The predicted molar refractivity (Wildman–Crippen MR) is 67.0 cm³/mol. The normalized spacial score (nSPS) is 11.8. The third-order valence-electron chi connectivity index (χ3n) is 2.29. The summed E-state index contributed by atoms with van der Waals surface area (Å²) in [5, 5.41) is 0. The lowest BCUT2D eigenvalue weighted by molar-refractivity contribution is 0.802. The molecule has 0 N–H and O–H groups in total. The molecule has 0 fully saturated rings. The Hall–Kier alpha value is -0.430. The highest BCUT2D eigenvalue weighted by atomic mass is 32.2. The van der Waals surface area contributed by atoms with Gasteiger partial charge in [-0.2, -0.15) is 11.8 Å². The third-order valence-corrected chi connectivity index (χ3v) is 3.59. The van der Waals surface area contributed by atoms with Crippen molar-refractivity contribution in [3.05, 3.63) is 34.9 Å². The van der Waals surface area contributed by atoms with Gasteiger partial charge in [0.25, 0.3) is 0 Å². The van der Waals surface area contributed by atoms with Gasteiger partial charge in [-0.05, 0) is 30.5 Å². The van der Waals surface area contributed by atoms with Crippen LogP contribution < -0.4 is 0 Å². The lowest BCUT2D eigenvalue weighted by atomic mass is 10.1. The number of hydrogen-bond donors (Lipinski definition) is 0. The van der Waals surface area contributed by atoms with Crippen molar-refractivity contribution in [3.63, 3.8) is 0 Å². The minimum Gasteiger partial charge on any atom is -0.151 e. The molecule has 0 radical (unpaired) electrons. The molecule has 0 aliphatic carbocycles. The Morgan fingerprint density at radius 3 is 2.00 bits per heavy atom. The molecule has 0 saturated heterocycles. The summed E-state index contributed by atoms with van der Waals surface area (Å²) in [6.07, 6.45) is 0. The van der Waals surface area contributed by atoms with Gasteiger partial charge < -0.3 is 0 Å². The van der Waals surface area contributed by atoms with Crippen LogP contribution in [0.15, 0.2) is 18.2 Å². The van der Waals surface area contributed by atoms with Crippen LogP contribution in [0.1, 0.15) is 37.5 Å². The Labute approximate surface area is 92.1 Å². The van der Waals surface area contributed by atoms with Gasteiger partial charge in [-0.3, -0.25) is 0 Å². The zero-order chi connectivity index (χ0) is 10.8. The summed E-state index contributed by atoms with van der Waals surface area (Å²) in [5.41, 5.74) is 4.34. The summed E-state index contributed by atoms with van der Waals surface area (Å²) in [6, 6.07) is 6.53. The van der Waals surface area contributed by atoms with Gasteiger partial charge in [-0.15, -0.1) is 0 Å². The molecule has 0 bridgehead atoms. The van der Waals surface area contributed by atoms with E-state index in [1.807, 2.05) is 11.8 Å². The first kappa shape index (κ1) is 11.6. The Balaban J connectivity index is 2.77. The maximum atomic E-state index is 2.27. The molecule has 1 heteroatoms. The van der Waals surface area contributed by atoms with E-state index in [1.54, 1.807) is 0 Å². The van der Waals surface area contributed by atoms with Crippen LogP contribution in [-0.2, 0) is 5.75 Å². The van der Waals surface area contributed by atoms with Crippen molar-refractivity contribution in [1.82, 2.24) is 0 Å². The van der Waals surface area contributed by atoms with Crippen molar-refractivity contribution in [2.45, 2.75) is 45.1 Å². The van der Waals surface area contributed by atoms with E-state index in [9.17, 15) is 0 Å². The maximum Gasteiger partial charge on any atom is 0.0195 e. The van der Waals surface area contributed by atoms with Crippen molar-refractivity contribution < 1.29 is 0 Å². The summed E-state index contributed by atoms with van der Waals surface area (Å²) in [6.45, 7) is 11.2. The van der Waals surface area contributed by atoms with E-state index >= 15 is 0 Å². The molecule has 1 aromatic rings. The number of rotatable bonds is 2. The molecule has 14 heavy (non-hydrogen) atoms. The maximum absolute atomic E-state index is 2.27.